The average Bonchev–Trinajstić information content (AvgIpc) is 2.34. The molecule has 2 rings (SSSR count). The predicted octanol–water partition coefficient (Wildman–Crippen LogP) is 3.53. The summed E-state index contributed by atoms with van der Waals surface area (Å²) < 4.78 is 0.831. The highest BCUT2D eigenvalue weighted by atomic mass is 79.9. The fraction of sp³-hybridized carbons (Fsp3) is 0. The molecular weight excluding hydrogens is 304 g/mol. The molecule has 0 aliphatic carbocycles. The highest BCUT2D eigenvalue weighted by molar-refractivity contribution is 9.10. The van der Waals surface area contributed by atoms with Gasteiger partial charge in [-0.05, 0) is 46.3 Å². The number of nitrogens with zero attached hydrogens (tertiary/aromatic N) is 1. The Hall–Kier alpha value is -1.30. The Morgan fingerprint density at radius 3 is 2.65 bits per heavy atom. The normalized spacial score (nSPS) is 10.1. The molecule has 1 heterocycles. The van der Waals surface area contributed by atoms with Crippen LogP contribution in [-0.4, -0.2) is 4.98 Å². The van der Waals surface area contributed by atoms with Gasteiger partial charge >= 0.3 is 0 Å². The zero-order valence-corrected chi connectivity index (χ0v) is 11.1. The number of aromatic nitrogens is 1. The van der Waals surface area contributed by atoms with Crippen LogP contribution in [0.4, 0.5) is 17.3 Å². The molecule has 4 N–H and O–H groups in total. The molecule has 0 fully saturated rings. The second kappa shape index (κ2) is 5.35. The lowest BCUT2D eigenvalue weighted by atomic mass is 10.3. The van der Waals surface area contributed by atoms with Crippen LogP contribution in [0.5, 0.6) is 0 Å². The lowest BCUT2D eigenvalue weighted by molar-refractivity contribution is 1.22. The lowest BCUT2D eigenvalue weighted by Gasteiger charge is -2.08. The molecule has 88 valence electrons. The van der Waals surface area contributed by atoms with Crippen LogP contribution in [0, 0.1) is 0 Å². The minimum atomic E-state index is 0.600. The third kappa shape index (κ3) is 3.09. The van der Waals surface area contributed by atoms with Gasteiger partial charge in [-0.3, -0.25) is 0 Å². The molecule has 2 aromatic rings. The molecule has 0 aliphatic heterocycles. The second-order valence-corrected chi connectivity index (χ2v) is 4.57. The largest absolute Gasteiger partial charge is 0.340 e. The predicted molar refractivity (Wildman–Crippen MR) is 74.5 cm³/mol. The minimum absolute atomic E-state index is 0.600. The fourth-order valence-corrected chi connectivity index (χ4v) is 1.80. The molecule has 0 bridgehead atoms. The van der Waals surface area contributed by atoms with E-state index in [-0.39, 0.29) is 0 Å². The van der Waals surface area contributed by atoms with Gasteiger partial charge in [0.1, 0.15) is 11.6 Å². The number of nitrogens with one attached hydrogen (secondary N) is 2. The number of hydrogen-bond acceptors (Lipinski definition) is 4. The van der Waals surface area contributed by atoms with Gasteiger partial charge in [0.05, 0.1) is 5.02 Å². The van der Waals surface area contributed by atoms with Crippen LogP contribution in [0.3, 0.4) is 0 Å². The van der Waals surface area contributed by atoms with Gasteiger partial charge in [0, 0.05) is 10.2 Å². The Morgan fingerprint density at radius 2 is 1.94 bits per heavy atom. The van der Waals surface area contributed by atoms with Crippen molar-refractivity contribution in [3.05, 3.63) is 45.9 Å². The van der Waals surface area contributed by atoms with E-state index in [0.717, 1.165) is 10.2 Å². The van der Waals surface area contributed by atoms with E-state index in [1.807, 2.05) is 24.3 Å². The maximum Gasteiger partial charge on any atom is 0.142 e. The average molecular weight is 314 g/mol. The maximum absolute atomic E-state index is 5.91. The van der Waals surface area contributed by atoms with Gasteiger partial charge in [0.25, 0.3) is 0 Å². The zero-order chi connectivity index (χ0) is 12.3. The first-order valence-electron chi connectivity index (χ1n) is 4.85. The van der Waals surface area contributed by atoms with E-state index >= 15 is 0 Å². The van der Waals surface area contributed by atoms with Crippen molar-refractivity contribution in [3.63, 3.8) is 0 Å². The smallest absolute Gasteiger partial charge is 0.142 e. The van der Waals surface area contributed by atoms with Crippen molar-refractivity contribution < 1.29 is 0 Å². The van der Waals surface area contributed by atoms with Crippen LogP contribution < -0.4 is 16.6 Å². The Kier molecular flexibility index (Phi) is 3.83. The summed E-state index contributed by atoms with van der Waals surface area (Å²) in [6.07, 6.45) is 0. The molecule has 1 aromatic heterocycles. The first-order valence-corrected chi connectivity index (χ1v) is 6.02. The summed E-state index contributed by atoms with van der Waals surface area (Å²) in [6.45, 7) is 0. The van der Waals surface area contributed by atoms with Gasteiger partial charge < -0.3 is 10.7 Å². The Labute approximate surface area is 112 Å². The van der Waals surface area contributed by atoms with Crippen molar-refractivity contribution in [2.75, 3.05) is 10.7 Å². The molecule has 6 heteroatoms. The number of rotatable bonds is 3. The number of nitrogen functional groups attached to an aromatic ring is 1. The molecule has 17 heavy (non-hydrogen) atoms. The van der Waals surface area contributed by atoms with Crippen LogP contribution in [0.25, 0.3) is 0 Å². The van der Waals surface area contributed by atoms with Crippen molar-refractivity contribution in [1.29, 1.82) is 0 Å². The molecule has 0 saturated heterocycles. The SMILES string of the molecule is NNc1cccc(Nc2ccc(Cl)c(Br)c2)n1. The van der Waals surface area contributed by atoms with Crippen LogP contribution in [0.2, 0.25) is 5.02 Å². The van der Waals surface area contributed by atoms with E-state index in [9.17, 15) is 0 Å². The van der Waals surface area contributed by atoms with Gasteiger partial charge in [0.2, 0.25) is 0 Å². The molecule has 0 atom stereocenters. The van der Waals surface area contributed by atoms with Crippen LogP contribution in [-0.2, 0) is 0 Å². The monoisotopic (exact) mass is 312 g/mol. The van der Waals surface area contributed by atoms with Crippen LogP contribution in [0.1, 0.15) is 0 Å². The van der Waals surface area contributed by atoms with Crippen molar-refractivity contribution in [2.24, 2.45) is 5.84 Å². The number of benzene rings is 1. The van der Waals surface area contributed by atoms with E-state index in [2.05, 4.69) is 31.7 Å². The number of pyridine rings is 1. The summed E-state index contributed by atoms with van der Waals surface area (Å²) in [6, 6.07) is 11.0. The highest BCUT2D eigenvalue weighted by Gasteiger charge is 2.01. The quantitative estimate of drug-likeness (QED) is 0.599. The third-order valence-electron chi connectivity index (χ3n) is 2.09. The summed E-state index contributed by atoms with van der Waals surface area (Å²) in [7, 11) is 0. The number of halogens is 2. The Morgan fingerprint density at radius 1 is 1.18 bits per heavy atom. The number of anilines is 3. The summed E-state index contributed by atoms with van der Waals surface area (Å²) in [4.78, 5) is 4.24. The Bertz CT molecular complexity index is 533. The topological polar surface area (TPSA) is 63.0 Å². The van der Waals surface area contributed by atoms with Gasteiger partial charge in [-0.25, -0.2) is 10.8 Å². The summed E-state index contributed by atoms with van der Waals surface area (Å²) in [5.41, 5.74) is 3.38. The molecule has 0 aliphatic rings. The molecule has 0 radical (unpaired) electrons. The van der Waals surface area contributed by atoms with E-state index in [4.69, 9.17) is 17.4 Å². The number of hydrogen-bond donors (Lipinski definition) is 3. The molecular formula is C11H10BrClN4. The molecule has 0 amide bonds. The van der Waals surface area contributed by atoms with Crippen molar-refractivity contribution >= 4 is 44.9 Å². The van der Waals surface area contributed by atoms with Gasteiger partial charge in [0.15, 0.2) is 0 Å². The molecule has 0 unspecified atom stereocenters. The molecule has 0 saturated carbocycles. The number of nitrogens with two attached hydrogens (primary N) is 1. The van der Waals surface area contributed by atoms with E-state index in [1.165, 1.54) is 0 Å². The van der Waals surface area contributed by atoms with Crippen molar-refractivity contribution in [1.82, 2.24) is 4.98 Å². The maximum atomic E-state index is 5.91. The van der Waals surface area contributed by atoms with Crippen molar-refractivity contribution in [2.45, 2.75) is 0 Å². The summed E-state index contributed by atoms with van der Waals surface area (Å²) in [5, 5.41) is 3.82. The lowest BCUT2D eigenvalue weighted by Crippen LogP contribution is -2.08. The van der Waals surface area contributed by atoms with E-state index < -0.39 is 0 Å². The minimum Gasteiger partial charge on any atom is -0.340 e. The van der Waals surface area contributed by atoms with Crippen molar-refractivity contribution in [3.8, 4) is 0 Å². The molecule has 4 nitrogen and oxygen atoms in total. The molecule has 1 aromatic carbocycles. The number of hydrazine groups is 1. The van der Waals surface area contributed by atoms with Gasteiger partial charge in [-0.2, -0.15) is 0 Å². The highest BCUT2D eigenvalue weighted by Crippen LogP contribution is 2.27. The first-order chi connectivity index (χ1) is 8.19. The Balaban J connectivity index is 2.22. The fourth-order valence-electron chi connectivity index (χ4n) is 1.31. The zero-order valence-electron chi connectivity index (χ0n) is 8.74. The van der Waals surface area contributed by atoms with E-state index in [0.29, 0.717) is 16.7 Å². The summed E-state index contributed by atoms with van der Waals surface area (Å²) in [5.74, 6) is 6.59. The van der Waals surface area contributed by atoms with Gasteiger partial charge in [-0.1, -0.05) is 17.7 Å². The van der Waals surface area contributed by atoms with E-state index in [1.54, 1.807) is 12.1 Å². The summed E-state index contributed by atoms with van der Waals surface area (Å²) >= 11 is 9.28. The van der Waals surface area contributed by atoms with Crippen LogP contribution in [0.15, 0.2) is 40.9 Å². The standard InChI is InChI=1S/C11H10BrClN4/c12-8-6-7(4-5-9(8)13)15-10-2-1-3-11(16-10)17-14/h1-6H,14H2,(H2,15,16,17). The second-order valence-electron chi connectivity index (χ2n) is 3.31. The third-order valence-corrected chi connectivity index (χ3v) is 3.30. The van der Waals surface area contributed by atoms with Gasteiger partial charge in [-0.15, -0.1) is 0 Å². The first kappa shape index (κ1) is 12.2. The molecule has 0 spiro atoms. The van der Waals surface area contributed by atoms with Crippen LogP contribution >= 0.6 is 27.5 Å².